The molecule has 0 N–H and O–H groups in total. The second-order valence-corrected chi connectivity index (χ2v) is 14.1. The van der Waals surface area contributed by atoms with E-state index in [0.29, 0.717) is 16.4 Å². The van der Waals surface area contributed by atoms with E-state index in [4.69, 9.17) is 6.57 Å². The maximum Gasteiger partial charge on any atom is 0.332 e. The Morgan fingerprint density at radius 3 is 1.27 bits per heavy atom. The smallest absolute Gasteiger partial charge is 0.332 e. The highest BCUT2D eigenvalue weighted by Gasteiger charge is 2.25. The molecule has 7 nitrogen and oxygen atoms in total. The molecule has 59 heavy (non-hydrogen) atoms. The van der Waals surface area contributed by atoms with Gasteiger partial charge in [0, 0.05) is 44.9 Å². The summed E-state index contributed by atoms with van der Waals surface area (Å²) in [6.07, 6.45) is 0. The van der Waals surface area contributed by atoms with Crippen molar-refractivity contribution < 1.29 is 0 Å². The highest BCUT2D eigenvalue weighted by Crippen LogP contribution is 2.44. The van der Waals surface area contributed by atoms with Gasteiger partial charge in [-0.25, -0.2) is 14.2 Å². The van der Waals surface area contributed by atoms with E-state index in [1.807, 2.05) is 97.1 Å². The van der Waals surface area contributed by atoms with E-state index in [9.17, 15) is 10.1 Å². The van der Waals surface area contributed by atoms with Gasteiger partial charge >= 0.3 is 5.56 Å². The van der Waals surface area contributed by atoms with Gasteiger partial charge in [-0.05, 0) is 113 Å². The summed E-state index contributed by atoms with van der Waals surface area (Å²) in [4.78, 5) is 26.9. The molecule has 0 amide bonds. The fourth-order valence-corrected chi connectivity index (χ4v) is 8.21. The van der Waals surface area contributed by atoms with Crippen molar-refractivity contribution in [2.45, 2.75) is 0 Å². The number of nitriles is 1. The monoisotopic (exact) mass is 756 g/mol. The van der Waals surface area contributed by atoms with Crippen LogP contribution in [0.1, 0.15) is 5.69 Å². The molecule has 0 aliphatic rings. The molecule has 10 rings (SSSR count). The maximum absolute atomic E-state index is 14.3. The van der Waals surface area contributed by atoms with Gasteiger partial charge in [0.05, 0.1) is 5.39 Å². The molecule has 7 heteroatoms. The molecule has 0 aliphatic carbocycles. The third-order valence-corrected chi connectivity index (χ3v) is 10.8. The Morgan fingerprint density at radius 1 is 0.492 bits per heavy atom. The Balaban J connectivity index is 1.18. The van der Waals surface area contributed by atoms with Crippen LogP contribution in [-0.4, -0.2) is 9.38 Å². The SMILES string of the molecule is [C-]#[N+]c1c(C#N)nc2c3ccc(-c4ccc(N(c5ccccc5)c5ccccc5)cc4)c4c(-c5ccc(N(c6ccccc6)c6ccccc6)cc5)ccc(c(=O)n12)c43. The summed E-state index contributed by atoms with van der Waals surface area (Å²) in [6, 6.07) is 68.0. The number of imidazole rings is 1. The van der Waals surface area contributed by atoms with E-state index in [0.717, 1.165) is 67.2 Å². The van der Waals surface area contributed by atoms with Crippen LogP contribution in [0.15, 0.2) is 199 Å². The van der Waals surface area contributed by atoms with E-state index in [1.165, 1.54) is 4.40 Å². The van der Waals surface area contributed by atoms with Crippen molar-refractivity contribution in [2.75, 3.05) is 9.80 Å². The molecule has 2 aromatic heterocycles. The Bertz CT molecular complexity index is 3070. The van der Waals surface area contributed by atoms with Crippen LogP contribution in [-0.2, 0) is 0 Å². The number of aromatic nitrogens is 2. The minimum absolute atomic E-state index is 0.0671. The first-order chi connectivity index (χ1) is 29.1. The van der Waals surface area contributed by atoms with Gasteiger partial charge in [0.1, 0.15) is 6.07 Å². The molecule has 0 spiro atoms. The lowest BCUT2D eigenvalue weighted by Gasteiger charge is -2.26. The highest BCUT2D eigenvalue weighted by molar-refractivity contribution is 6.23. The number of rotatable bonds is 8. The van der Waals surface area contributed by atoms with E-state index >= 15 is 0 Å². The summed E-state index contributed by atoms with van der Waals surface area (Å²) in [5.41, 5.74) is 9.84. The first-order valence-corrected chi connectivity index (χ1v) is 19.2. The molecule has 0 saturated heterocycles. The Kier molecular flexibility index (Phi) is 8.60. The van der Waals surface area contributed by atoms with Crippen LogP contribution in [0.5, 0.6) is 0 Å². The zero-order chi connectivity index (χ0) is 39.9. The standard InChI is InChI=1S/C52H32N6O/c1-54-51-47(34-53)55-50-45-32-30-43(35-22-26-41(27-23-35)56(37-14-6-2-7-15-37)38-16-8-3-9-17-38)48-44(31-33-46(49(45)48)52(59)58(50)51)36-24-28-42(29-25-36)57(39-18-10-4-11-19-39)40-20-12-5-13-21-40/h2-33H. The van der Waals surface area contributed by atoms with Crippen molar-refractivity contribution >= 4 is 67.1 Å². The first-order valence-electron chi connectivity index (χ1n) is 19.2. The number of fused-ring (bicyclic) bond motifs is 2. The van der Waals surface area contributed by atoms with Crippen molar-refractivity contribution in [1.29, 1.82) is 5.26 Å². The second-order valence-electron chi connectivity index (χ2n) is 14.1. The maximum atomic E-state index is 14.3. The molecular weight excluding hydrogens is 725 g/mol. The van der Waals surface area contributed by atoms with Crippen LogP contribution in [0.2, 0.25) is 0 Å². The normalized spacial score (nSPS) is 11.1. The molecule has 0 bridgehead atoms. The van der Waals surface area contributed by atoms with E-state index in [2.05, 4.69) is 123 Å². The highest BCUT2D eigenvalue weighted by atomic mass is 16.1. The van der Waals surface area contributed by atoms with Crippen LogP contribution < -0.4 is 15.4 Å². The minimum atomic E-state index is -0.380. The molecule has 2 heterocycles. The molecule has 0 unspecified atom stereocenters. The van der Waals surface area contributed by atoms with Crippen LogP contribution in [0.4, 0.5) is 39.9 Å². The molecule has 0 saturated carbocycles. The van der Waals surface area contributed by atoms with Crippen LogP contribution in [0, 0.1) is 17.9 Å². The van der Waals surface area contributed by atoms with Gasteiger partial charge in [0.15, 0.2) is 5.69 Å². The average Bonchev–Trinajstić information content (AvgIpc) is 3.69. The summed E-state index contributed by atoms with van der Waals surface area (Å²) in [5.74, 6) is -0.0756. The molecule has 10 aromatic rings. The molecule has 276 valence electrons. The third-order valence-electron chi connectivity index (χ3n) is 10.8. The lowest BCUT2D eigenvalue weighted by atomic mass is 9.88. The zero-order valence-electron chi connectivity index (χ0n) is 31.6. The zero-order valence-corrected chi connectivity index (χ0v) is 31.6. The summed E-state index contributed by atoms with van der Waals surface area (Å²) < 4.78 is 1.29. The number of anilines is 6. The third kappa shape index (κ3) is 5.90. The lowest BCUT2D eigenvalue weighted by Crippen LogP contribution is -2.13. The predicted molar refractivity (Wildman–Crippen MR) is 239 cm³/mol. The fraction of sp³-hybridized carbons (Fsp3) is 0. The van der Waals surface area contributed by atoms with Crippen LogP contribution in [0.25, 0.3) is 54.3 Å². The lowest BCUT2D eigenvalue weighted by molar-refractivity contribution is 1.16. The second kappa shape index (κ2) is 14.5. The molecular formula is C52H32N6O. The summed E-state index contributed by atoms with van der Waals surface area (Å²) in [6.45, 7) is 7.83. The molecule has 0 radical (unpaired) electrons. The van der Waals surface area contributed by atoms with Crippen molar-refractivity contribution in [1.82, 2.24) is 9.38 Å². The molecule has 0 fully saturated rings. The topological polar surface area (TPSA) is 69.0 Å². The number of hydrogen-bond donors (Lipinski definition) is 0. The van der Waals surface area contributed by atoms with E-state index in [-0.39, 0.29) is 17.1 Å². The van der Waals surface area contributed by atoms with Gasteiger partial charge in [-0.3, -0.25) is 0 Å². The number of benzene rings is 8. The summed E-state index contributed by atoms with van der Waals surface area (Å²) >= 11 is 0. The number of para-hydroxylation sites is 4. The summed E-state index contributed by atoms with van der Waals surface area (Å²) in [7, 11) is 0. The first kappa shape index (κ1) is 34.9. The average molecular weight is 757 g/mol. The molecule has 8 aromatic carbocycles. The number of pyridine rings is 1. The Labute approximate surface area is 340 Å². The fourth-order valence-electron chi connectivity index (χ4n) is 8.21. The van der Waals surface area contributed by atoms with Crippen molar-refractivity contribution in [3.63, 3.8) is 0 Å². The number of nitrogens with zero attached hydrogens (tertiary/aromatic N) is 6. The van der Waals surface area contributed by atoms with Gasteiger partial charge in [-0.1, -0.05) is 116 Å². The Hall–Kier alpha value is -8.52. The molecule has 0 aliphatic heterocycles. The minimum Gasteiger partial charge on any atom is -0.361 e. The quantitative estimate of drug-likeness (QED) is 0.144. The largest absolute Gasteiger partial charge is 0.361 e. The van der Waals surface area contributed by atoms with Crippen molar-refractivity contribution in [2.24, 2.45) is 0 Å². The predicted octanol–water partition coefficient (Wildman–Crippen LogP) is 13.1. The van der Waals surface area contributed by atoms with Crippen LogP contribution >= 0.6 is 0 Å². The van der Waals surface area contributed by atoms with Gasteiger partial charge in [0.25, 0.3) is 5.82 Å². The van der Waals surface area contributed by atoms with Gasteiger partial charge in [-0.15, -0.1) is 0 Å². The van der Waals surface area contributed by atoms with Crippen molar-refractivity contribution in [3.05, 3.63) is 222 Å². The van der Waals surface area contributed by atoms with Gasteiger partial charge < -0.3 is 14.6 Å². The Morgan fingerprint density at radius 2 is 0.881 bits per heavy atom. The number of hydrogen-bond acceptors (Lipinski definition) is 5. The van der Waals surface area contributed by atoms with Gasteiger partial charge in [-0.2, -0.15) is 5.26 Å². The van der Waals surface area contributed by atoms with E-state index in [1.54, 1.807) is 0 Å². The molecule has 0 atom stereocenters. The van der Waals surface area contributed by atoms with Crippen molar-refractivity contribution in [3.8, 4) is 28.3 Å². The van der Waals surface area contributed by atoms with Gasteiger partial charge in [0.2, 0.25) is 5.65 Å². The summed E-state index contributed by atoms with van der Waals surface area (Å²) in [5, 5.41) is 12.7. The van der Waals surface area contributed by atoms with E-state index < -0.39 is 0 Å². The van der Waals surface area contributed by atoms with Crippen LogP contribution in [0.3, 0.4) is 0 Å².